The molecule has 0 heterocycles. The molecule has 0 spiro atoms. The van der Waals surface area contributed by atoms with E-state index in [2.05, 4.69) is 21.2 Å². The normalized spacial score (nSPS) is 15.1. The summed E-state index contributed by atoms with van der Waals surface area (Å²) in [5.74, 6) is -0.0686. The Kier molecular flexibility index (Phi) is 5.46. The number of amides is 1. The van der Waals surface area contributed by atoms with Crippen molar-refractivity contribution in [2.75, 3.05) is 5.33 Å². The first-order valence-electron chi connectivity index (χ1n) is 5.25. The van der Waals surface area contributed by atoms with E-state index in [0.717, 1.165) is 0 Å². The van der Waals surface area contributed by atoms with Gasteiger partial charge in [0.25, 0.3) is 0 Å². The first-order valence-corrected chi connectivity index (χ1v) is 6.37. The molecule has 1 amide bonds. The molecule has 1 atom stereocenters. The highest BCUT2D eigenvalue weighted by molar-refractivity contribution is 9.09. The zero-order valence-corrected chi connectivity index (χ0v) is 12.1. The van der Waals surface area contributed by atoms with Crippen LogP contribution in [0.3, 0.4) is 0 Å². The van der Waals surface area contributed by atoms with E-state index in [1.165, 1.54) is 0 Å². The molecule has 0 aromatic rings. The maximum Gasteiger partial charge on any atom is 0.408 e. The number of alkyl carbamates (subject to hydrolysis) is 1. The van der Waals surface area contributed by atoms with E-state index in [4.69, 9.17) is 4.74 Å². The van der Waals surface area contributed by atoms with Gasteiger partial charge in [0, 0.05) is 0 Å². The van der Waals surface area contributed by atoms with E-state index >= 15 is 0 Å². The van der Waals surface area contributed by atoms with Crippen LogP contribution in [-0.4, -0.2) is 28.3 Å². The largest absolute Gasteiger partial charge is 0.444 e. The third-order valence-electron chi connectivity index (χ3n) is 2.22. The molecule has 0 fully saturated rings. The van der Waals surface area contributed by atoms with Crippen molar-refractivity contribution in [3.05, 3.63) is 0 Å². The Bertz CT molecular complexity index is 273. The van der Waals surface area contributed by atoms with E-state index in [1.54, 1.807) is 27.7 Å². The molecule has 0 aromatic carbocycles. The fourth-order valence-corrected chi connectivity index (χ4v) is 1.65. The molecule has 0 saturated carbocycles. The van der Waals surface area contributed by atoms with Gasteiger partial charge in [-0.1, -0.05) is 22.9 Å². The summed E-state index contributed by atoms with van der Waals surface area (Å²) in [6, 6.07) is 0. The number of halogens is 1. The maximum atomic E-state index is 11.6. The molecule has 0 saturated heterocycles. The maximum absolute atomic E-state index is 11.6. The summed E-state index contributed by atoms with van der Waals surface area (Å²) in [5.41, 5.74) is -1.43. The SMILES string of the molecule is CCC(C)(NC(=O)OC(C)(C)C)C(=O)CBr. The third-order valence-corrected chi connectivity index (χ3v) is 2.73. The number of nitrogens with one attached hydrogen (secondary N) is 1. The molecule has 5 heteroatoms. The Morgan fingerprint density at radius 3 is 2.06 bits per heavy atom. The Hall–Kier alpha value is -0.580. The Morgan fingerprint density at radius 2 is 1.75 bits per heavy atom. The van der Waals surface area contributed by atoms with Crippen LogP contribution < -0.4 is 5.32 Å². The minimum atomic E-state index is -0.869. The van der Waals surface area contributed by atoms with Crippen molar-refractivity contribution in [2.24, 2.45) is 0 Å². The number of rotatable bonds is 4. The van der Waals surface area contributed by atoms with Crippen molar-refractivity contribution in [3.8, 4) is 0 Å². The second-order valence-corrected chi connectivity index (χ2v) is 5.43. The summed E-state index contributed by atoms with van der Waals surface area (Å²) in [7, 11) is 0. The molecule has 0 bridgehead atoms. The fourth-order valence-electron chi connectivity index (χ4n) is 1.03. The van der Waals surface area contributed by atoms with E-state index in [1.807, 2.05) is 6.92 Å². The van der Waals surface area contributed by atoms with Gasteiger partial charge in [0.2, 0.25) is 0 Å². The van der Waals surface area contributed by atoms with Crippen LogP contribution in [0, 0.1) is 0 Å². The lowest BCUT2D eigenvalue weighted by Gasteiger charge is -2.29. The van der Waals surface area contributed by atoms with Crippen LogP contribution >= 0.6 is 15.9 Å². The van der Waals surface area contributed by atoms with Gasteiger partial charge in [-0.05, 0) is 34.1 Å². The fraction of sp³-hybridized carbons (Fsp3) is 0.818. The van der Waals surface area contributed by atoms with Crippen molar-refractivity contribution in [1.82, 2.24) is 5.32 Å². The monoisotopic (exact) mass is 293 g/mol. The van der Waals surface area contributed by atoms with Gasteiger partial charge in [-0.2, -0.15) is 0 Å². The van der Waals surface area contributed by atoms with E-state index in [9.17, 15) is 9.59 Å². The van der Waals surface area contributed by atoms with E-state index in [-0.39, 0.29) is 11.1 Å². The Morgan fingerprint density at radius 1 is 1.25 bits per heavy atom. The predicted octanol–water partition coefficient (Wildman–Crippen LogP) is 2.64. The summed E-state index contributed by atoms with van der Waals surface area (Å²) in [4.78, 5) is 23.2. The zero-order chi connectivity index (χ0) is 13.0. The summed E-state index contributed by atoms with van der Waals surface area (Å²) < 4.78 is 5.11. The summed E-state index contributed by atoms with van der Waals surface area (Å²) >= 11 is 3.10. The van der Waals surface area contributed by atoms with Crippen molar-refractivity contribution in [3.63, 3.8) is 0 Å². The molecule has 0 aromatic heterocycles. The van der Waals surface area contributed by atoms with Crippen LogP contribution in [0.25, 0.3) is 0 Å². The molecule has 0 rings (SSSR count). The highest BCUT2D eigenvalue weighted by Gasteiger charge is 2.33. The van der Waals surface area contributed by atoms with Gasteiger partial charge in [0.05, 0.1) is 10.9 Å². The number of ketones is 1. The van der Waals surface area contributed by atoms with Crippen LogP contribution in [0.4, 0.5) is 4.79 Å². The predicted molar refractivity (Wildman–Crippen MR) is 66.9 cm³/mol. The molecule has 0 aliphatic carbocycles. The Balaban J connectivity index is 4.55. The topological polar surface area (TPSA) is 55.4 Å². The van der Waals surface area contributed by atoms with Crippen molar-refractivity contribution < 1.29 is 14.3 Å². The van der Waals surface area contributed by atoms with Gasteiger partial charge in [-0.15, -0.1) is 0 Å². The number of alkyl halides is 1. The molecule has 94 valence electrons. The lowest BCUT2D eigenvalue weighted by atomic mass is 9.94. The average molecular weight is 294 g/mol. The van der Waals surface area contributed by atoms with E-state index < -0.39 is 17.2 Å². The number of carbonyl (C=O) groups excluding carboxylic acids is 2. The molecule has 0 aliphatic heterocycles. The molecular formula is C11H20BrNO3. The molecule has 16 heavy (non-hydrogen) atoms. The molecule has 0 radical (unpaired) electrons. The summed E-state index contributed by atoms with van der Waals surface area (Å²) in [6.45, 7) is 8.88. The number of ether oxygens (including phenoxy) is 1. The summed E-state index contributed by atoms with van der Waals surface area (Å²) in [6.07, 6.45) is -0.0393. The highest BCUT2D eigenvalue weighted by atomic mass is 79.9. The first kappa shape index (κ1) is 15.4. The van der Waals surface area contributed by atoms with E-state index in [0.29, 0.717) is 6.42 Å². The van der Waals surface area contributed by atoms with Crippen LogP contribution in [-0.2, 0) is 9.53 Å². The van der Waals surface area contributed by atoms with Crippen molar-refractivity contribution >= 4 is 27.8 Å². The minimum Gasteiger partial charge on any atom is -0.444 e. The molecule has 1 N–H and O–H groups in total. The standard InChI is InChI=1S/C11H20BrNO3/c1-6-11(5,8(14)7-12)13-9(15)16-10(2,3)4/h6-7H2,1-5H3,(H,13,15). The van der Waals surface area contributed by atoms with Crippen LogP contribution in [0.2, 0.25) is 0 Å². The quantitative estimate of drug-likeness (QED) is 0.811. The van der Waals surface area contributed by atoms with Gasteiger partial charge in [-0.25, -0.2) is 4.79 Å². The smallest absolute Gasteiger partial charge is 0.408 e. The minimum absolute atomic E-state index is 0.0686. The third kappa shape index (κ3) is 4.96. The van der Waals surface area contributed by atoms with Crippen molar-refractivity contribution in [1.29, 1.82) is 0 Å². The molecule has 0 aliphatic rings. The number of carbonyl (C=O) groups is 2. The van der Waals surface area contributed by atoms with Gasteiger partial charge in [-0.3, -0.25) is 4.79 Å². The van der Waals surface area contributed by atoms with Gasteiger partial charge in [0.15, 0.2) is 5.78 Å². The summed E-state index contributed by atoms with van der Waals surface area (Å²) in [5, 5.41) is 2.83. The lowest BCUT2D eigenvalue weighted by Crippen LogP contribution is -2.53. The van der Waals surface area contributed by atoms with Crippen LogP contribution in [0.15, 0.2) is 0 Å². The Labute approximate surface area is 105 Å². The average Bonchev–Trinajstić information content (AvgIpc) is 2.13. The highest BCUT2D eigenvalue weighted by Crippen LogP contribution is 2.14. The number of hydrogen-bond acceptors (Lipinski definition) is 3. The van der Waals surface area contributed by atoms with Gasteiger partial charge < -0.3 is 10.1 Å². The van der Waals surface area contributed by atoms with Crippen LogP contribution in [0.5, 0.6) is 0 Å². The number of hydrogen-bond donors (Lipinski definition) is 1. The molecular weight excluding hydrogens is 274 g/mol. The zero-order valence-electron chi connectivity index (χ0n) is 10.5. The number of Topliss-reactive ketones (excluding diaryl/α,β-unsaturated/α-hetero) is 1. The second kappa shape index (κ2) is 5.66. The second-order valence-electron chi connectivity index (χ2n) is 4.87. The van der Waals surface area contributed by atoms with Gasteiger partial charge in [0.1, 0.15) is 5.60 Å². The van der Waals surface area contributed by atoms with Crippen LogP contribution in [0.1, 0.15) is 41.0 Å². The van der Waals surface area contributed by atoms with Gasteiger partial charge >= 0.3 is 6.09 Å². The lowest BCUT2D eigenvalue weighted by molar-refractivity contribution is -0.122. The molecule has 1 unspecified atom stereocenters. The molecule has 4 nitrogen and oxygen atoms in total. The first-order chi connectivity index (χ1) is 7.14. The van der Waals surface area contributed by atoms with Crippen molar-refractivity contribution in [2.45, 2.75) is 52.2 Å².